The standard InChI is InChI=1S/C20H20ClN3O/c1-13(22-20(25)18-14(2)23-24(3)19(18)21)15-9-11-17(12-10-15)16-7-5-4-6-8-16/h4-13H,1-3H3,(H,22,25)/t13-/m1/s1. The van der Waals surface area contributed by atoms with Gasteiger partial charge in [0.25, 0.3) is 5.91 Å². The molecule has 0 radical (unpaired) electrons. The second kappa shape index (κ2) is 7.11. The van der Waals surface area contributed by atoms with Crippen molar-refractivity contribution in [2.75, 3.05) is 0 Å². The summed E-state index contributed by atoms with van der Waals surface area (Å²) < 4.78 is 1.51. The summed E-state index contributed by atoms with van der Waals surface area (Å²) in [5.41, 5.74) is 4.40. The van der Waals surface area contributed by atoms with E-state index < -0.39 is 0 Å². The summed E-state index contributed by atoms with van der Waals surface area (Å²) in [4.78, 5) is 12.5. The number of aryl methyl sites for hydroxylation is 2. The Labute approximate surface area is 152 Å². The topological polar surface area (TPSA) is 46.9 Å². The van der Waals surface area contributed by atoms with Gasteiger partial charge in [-0.05, 0) is 30.5 Å². The number of hydrogen-bond donors (Lipinski definition) is 1. The van der Waals surface area contributed by atoms with Crippen molar-refractivity contribution in [2.45, 2.75) is 19.9 Å². The van der Waals surface area contributed by atoms with Crippen LogP contribution in [0, 0.1) is 6.92 Å². The minimum Gasteiger partial charge on any atom is -0.345 e. The SMILES string of the molecule is Cc1nn(C)c(Cl)c1C(=O)N[C@H](C)c1ccc(-c2ccccc2)cc1. The van der Waals surface area contributed by atoms with E-state index in [1.54, 1.807) is 14.0 Å². The van der Waals surface area contributed by atoms with E-state index in [4.69, 9.17) is 11.6 Å². The molecule has 1 amide bonds. The van der Waals surface area contributed by atoms with Crippen molar-refractivity contribution in [3.63, 3.8) is 0 Å². The van der Waals surface area contributed by atoms with Gasteiger partial charge in [-0.15, -0.1) is 0 Å². The van der Waals surface area contributed by atoms with E-state index in [-0.39, 0.29) is 11.9 Å². The maximum Gasteiger partial charge on any atom is 0.256 e. The zero-order valence-corrected chi connectivity index (χ0v) is 15.2. The van der Waals surface area contributed by atoms with Gasteiger partial charge in [0, 0.05) is 7.05 Å². The molecule has 0 unspecified atom stereocenters. The lowest BCUT2D eigenvalue weighted by Crippen LogP contribution is -2.27. The average Bonchev–Trinajstić information content (AvgIpc) is 2.88. The van der Waals surface area contributed by atoms with Gasteiger partial charge < -0.3 is 5.32 Å². The van der Waals surface area contributed by atoms with Crippen LogP contribution in [0.5, 0.6) is 0 Å². The molecule has 3 rings (SSSR count). The quantitative estimate of drug-likeness (QED) is 0.748. The first-order valence-electron chi connectivity index (χ1n) is 8.12. The number of benzene rings is 2. The Balaban J connectivity index is 1.75. The third kappa shape index (κ3) is 3.59. The van der Waals surface area contributed by atoms with Crippen LogP contribution in [0.15, 0.2) is 54.6 Å². The van der Waals surface area contributed by atoms with E-state index in [0.29, 0.717) is 16.4 Å². The van der Waals surface area contributed by atoms with Crippen molar-refractivity contribution >= 4 is 17.5 Å². The number of hydrogen-bond acceptors (Lipinski definition) is 2. The number of rotatable bonds is 4. The molecule has 5 heteroatoms. The van der Waals surface area contributed by atoms with Crippen LogP contribution in [-0.4, -0.2) is 15.7 Å². The maximum absolute atomic E-state index is 12.5. The van der Waals surface area contributed by atoms with Gasteiger partial charge in [-0.1, -0.05) is 66.2 Å². The summed E-state index contributed by atoms with van der Waals surface area (Å²) in [7, 11) is 1.72. The fourth-order valence-corrected chi connectivity index (χ4v) is 3.10. The minimum atomic E-state index is -0.213. The molecule has 0 aliphatic carbocycles. The number of aromatic nitrogens is 2. The van der Waals surface area contributed by atoms with Crippen molar-refractivity contribution in [3.8, 4) is 11.1 Å². The Kier molecular flexibility index (Phi) is 4.91. The van der Waals surface area contributed by atoms with E-state index in [1.807, 2.05) is 37.3 Å². The second-order valence-corrected chi connectivity index (χ2v) is 6.42. The van der Waals surface area contributed by atoms with Crippen LogP contribution >= 0.6 is 11.6 Å². The molecular formula is C20H20ClN3O. The van der Waals surface area contributed by atoms with Crippen LogP contribution in [0.3, 0.4) is 0 Å². The van der Waals surface area contributed by atoms with Gasteiger partial charge in [0.05, 0.1) is 17.3 Å². The third-order valence-electron chi connectivity index (χ3n) is 4.24. The summed E-state index contributed by atoms with van der Waals surface area (Å²) in [5, 5.41) is 7.52. The van der Waals surface area contributed by atoms with Crippen molar-refractivity contribution < 1.29 is 4.79 Å². The summed E-state index contributed by atoms with van der Waals surface area (Å²) >= 11 is 6.17. The second-order valence-electron chi connectivity index (χ2n) is 6.06. The number of carbonyl (C=O) groups excluding carboxylic acids is 1. The van der Waals surface area contributed by atoms with Gasteiger partial charge >= 0.3 is 0 Å². The Bertz CT molecular complexity index is 885. The lowest BCUT2D eigenvalue weighted by molar-refractivity contribution is 0.0939. The third-order valence-corrected chi connectivity index (χ3v) is 4.68. The molecule has 1 aromatic heterocycles. The lowest BCUT2D eigenvalue weighted by Gasteiger charge is -2.15. The molecule has 0 saturated carbocycles. The zero-order chi connectivity index (χ0) is 18.0. The highest BCUT2D eigenvalue weighted by atomic mass is 35.5. The molecule has 3 aromatic rings. The Morgan fingerprint density at radius 2 is 1.68 bits per heavy atom. The molecule has 1 heterocycles. The molecule has 0 bridgehead atoms. The molecule has 2 aromatic carbocycles. The first kappa shape index (κ1) is 17.2. The smallest absolute Gasteiger partial charge is 0.256 e. The molecule has 0 aliphatic heterocycles. The summed E-state index contributed by atoms with van der Waals surface area (Å²) in [5.74, 6) is -0.213. The Morgan fingerprint density at radius 1 is 1.08 bits per heavy atom. The van der Waals surface area contributed by atoms with Gasteiger partial charge in [0.15, 0.2) is 0 Å². The van der Waals surface area contributed by atoms with Crippen LogP contribution in [0.2, 0.25) is 5.15 Å². The Morgan fingerprint density at radius 3 is 2.24 bits per heavy atom. The van der Waals surface area contributed by atoms with E-state index in [2.05, 4.69) is 34.7 Å². The molecule has 1 N–H and O–H groups in total. The van der Waals surface area contributed by atoms with E-state index in [9.17, 15) is 4.79 Å². The van der Waals surface area contributed by atoms with E-state index in [1.165, 1.54) is 10.2 Å². The van der Waals surface area contributed by atoms with Gasteiger partial charge in [-0.25, -0.2) is 0 Å². The monoisotopic (exact) mass is 353 g/mol. The molecule has 25 heavy (non-hydrogen) atoms. The highest BCUT2D eigenvalue weighted by molar-refractivity contribution is 6.33. The summed E-state index contributed by atoms with van der Waals surface area (Å²) in [6.07, 6.45) is 0. The van der Waals surface area contributed by atoms with Gasteiger partial charge in [-0.2, -0.15) is 5.10 Å². The first-order chi connectivity index (χ1) is 12.0. The summed E-state index contributed by atoms with van der Waals surface area (Å²) in [6.45, 7) is 3.73. The number of carbonyl (C=O) groups is 1. The Hall–Kier alpha value is -2.59. The molecule has 0 aliphatic rings. The molecular weight excluding hydrogens is 334 g/mol. The average molecular weight is 354 g/mol. The first-order valence-corrected chi connectivity index (χ1v) is 8.50. The number of amides is 1. The van der Waals surface area contributed by atoms with E-state index in [0.717, 1.165) is 11.1 Å². The van der Waals surface area contributed by atoms with Gasteiger partial charge in [-0.3, -0.25) is 9.48 Å². The van der Waals surface area contributed by atoms with Gasteiger partial charge in [0.1, 0.15) is 5.15 Å². The lowest BCUT2D eigenvalue weighted by atomic mass is 10.0. The largest absolute Gasteiger partial charge is 0.345 e. The van der Waals surface area contributed by atoms with Crippen molar-refractivity contribution in [2.24, 2.45) is 7.05 Å². The maximum atomic E-state index is 12.5. The molecule has 0 saturated heterocycles. The number of nitrogens with one attached hydrogen (secondary N) is 1. The predicted octanol–water partition coefficient (Wildman–Crippen LogP) is 4.54. The fraction of sp³-hybridized carbons (Fsp3) is 0.200. The van der Waals surface area contributed by atoms with E-state index >= 15 is 0 Å². The van der Waals surface area contributed by atoms with Crippen molar-refractivity contribution in [1.82, 2.24) is 15.1 Å². The molecule has 4 nitrogen and oxygen atoms in total. The highest BCUT2D eigenvalue weighted by Gasteiger charge is 2.20. The van der Waals surface area contributed by atoms with Crippen LogP contribution < -0.4 is 5.32 Å². The molecule has 0 fully saturated rings. The van der Waals surface area contributed by atoms with Crippen LogP contribution in [-0.2, 0) is 7.05 Å². The summed E-state index contributed by atoms with van der Waals surface area (Å²) in [6, 6.07) is 18.3. The van der Waals surface area contributed by atoms with Crippen molar-refractivity contribution in [3.05, 3.63) is 76.6 Å². The molecule has 0 spiro atoms. The zero-order valence-electron chi connectivity index (χ0n) is 14.5. The minimum absolute atomic E-state index is 0.131. The van der Waals surface area contributed by atoms with Crippen LogP contribution in [0.1, 0.15) is 34.6 Å². The fourth-order valence-electron chi connectivity index (χ4n) is 2.83. The molecule has 1 atom stereocenters. The van der Waals surface area contributed by atoms with Gasteiger partial charge in [0.2, 0.25) is 0 Å². The predicted molar refractivity (Wildman–Crippen MR) is 101 cm³/mol. The van der Waals surface area contributed by atoms with Crippen LogP contribution in [0.25, 0.3) is 11.1 Å². The number of nitrogens with zero attached hydrogens (tertiary/aromatic N) is 2. The van der Waals surface area contributed by atoms with Crippen LogP contribution in [0.4, 0.5) is 0 Å². The number of halogens is 1. The van der Waals surface area contributed by atoms with Crippen molar-refractivity contribution in [1.29, 1.82) is 0 Å². The molecule has 128 valence electrons. The normalized spacial score (nSPS) is 12.0. The highest BCUT2D eigenvalue weighted by Crippen LogP contribution is 2.23.